The van der Waals surface area contributed by atoms with E-state index < -0.39 is 0 Å². The summed E-state index contributed by atoms with van der Waals surface area (Å²) in [5.74, 6) is 6.25. The Bertz CT molecular complexity index is 456. The monoisotopic (exact) mass is 306 g/mol. The minimum absolute atomic E-state index is 0.174. The van der Waals surface area contributed by atoms with Crippen LogP contribution in [0.15, 0.2) is 33.4 Å². The van der Waals surface area contributed by atoms with E-state index in [1.165, 1.54) is 11.3 Å². The lowest BCUT2D eigenvalue weighted by Crippen LogP contribution is -2.28. The summed E-state index contributed by atoms with van der Waals surface area (Å²) >= 11 is 10.7. The zero-order chi connectivity index (χ0) is 10.8. The number of thiophene rings is 1. The van der Waals surface area contributed by atoms with E-state index in [1.54, 1.807) is 6.26 Å². The number of furan rings is 1. The molecule has 3 N–H and O–H groups in total. The Hall–Kier alpha value is -0.330. The van der Waals surface area contributed by atoms with Gasteiger partial charge in [-0.2, -0.15) is 0 Å². The van der Waals surface area contributed by atoms with E-state index in [-0.39, 0.29) is 6.04 Å². The summed E-state index contributed by atoms with van der Waals surface area (Å²) in [5, 5.41) is 0. The first kappa shape index (κ1) is 11.2. The molecule has 80 valence electrons. The van der Waals surface area contributed by atoms with Crippen molar-refractivity contribution in [3.05, 3.63) is 43.9 Å². The average molecular weight is 308 g/mol. The maximum absolute atomic E-state index is 5.87. The molecule has 0 aliphatic heterocycles. The number of hydrogen-bond acceptors (Lipinski definition) is 4. The van der Waals surface area contributed by atoms with Crippen molar-refractivity contribution in [3.8, 4) is 0 Å². The lowest BCUT2D eigenvalue weighted by atomic mass is 10.2. The first-order valence-electron chi connectivity index (χ1n) is 4.16. The van der Waals surface area contributed by atoms with Gasteiger partial charge in [-0.05, 0) is 34.1 Å². The molecule has 0 saturated carbocycles. The highest BCUT2D eigenvalue weighted by molar-refractivity contribution is 9.10. The van der Waals surface area contributed by atoms with Crippen LogP contribution in [0.3, 0.4) is 0 Å². The molecule has 1 atom stereocenters. The van der Waals surface area contributed by atoms with Crippen molar-refractivity contribution in [2.45, 2.75) is 6.04 Å². The average Bonchev–Trinajstić information content (AvgIpc) is 2.79. The summed E-state index contributed by atoms with van der Waals surface area (Å²) in [4.78, 5) is 1.01. The fourth-order valence-corrected chi connectivity index (χ4v) is 2.83. The van der Waals surface area contributed by atoms with Crippen LogP contribution in [0.1, 0.15) is 16.7 Å². The Morgan fingerprint density at radius 1 is 1.47 bits per heavy atom. The van der Waals surface area contributed by atoms with E-state index in [9.17, 15) is 0 Å². The third kappa shape index (κ3) is 2.26. The maximum atomic E-state index is 5.87. The van der Waals surface area contributed by atoms with Crippen molar-refractivity contribution < 1.29 is 4.42 Å². The van der Waals surface area contributed by atoms with Gasteiger partial charge in [-0.25, -0.2) is 5.43 Å². The second kappa shape index (κ2) is 4.67. The van der Waals surface area contributed by atoms with Gasteiger partial charge in [0.05, 0.1) is 15.1 Å². The third-order valence-electron chi connectivity index (χ3n) is 1.95. The fourth-order valence-electron chi connectivity index (χ4n) is 1.28. The van der Waals surface area contributed by atoms with Crippen LogP contribution in [0.4, 0.5) is 0 Å². The highest BCUT2D eigenvalue weighted by Gasteiger charge is 2.20. The Morgan fingerprint density at radius 2 is 2.27 bits per heavy atom. The summed E-state index contributed by atoms with van der Waals surface area (Å²) in [6.45, 7) is 0. The van der Waals surface area contributed by atoms with Crippen molar-refractivity contribution in [2.24, 2.45) is 5.84 Å². The van der Waals surface area contributed by atoms with Gasteiger partial charge in [0.25, 0.3) is 0 Å². The van der Waals surface area contributed by atoms with Crippen molar-refractivity contribution in [1.29, 1.82) is 0 Å². The number of hydrazine groups is 1. The molecule has 0 aliphatic rings. The number of rotatable bonds is 3. The zero-order valence-corrected chi connectivity index (χ0v) is 10.7. The fraction of sp³-hybridized carbons (Fsp3) is 0.111. The summed E-state index contributed by atoms with van der Waals surface area (Å²) in [6.07, 6.45) is 1.61. The van der Waals surface area contributed by atoms with Gasteiger partial charge in [0.15, 0.2) is 0 Å². The molecule has 0 aromatic carbocycles. The minimum atomic E-state index is -0.174. The molecular formula is C9H8BrClN2OS. The normalized spacial score (nSPS) is 13.0. The van der Waals surface area contributed by atoms with E-state index in [0.717, 1.165) is 19.4 Å². The van der Waals surface area contributed by atoms with Crippen molar-refractivity contribution in [2.75, 3.05) is 0 Å². The molecule has 0 aliphatic carbocycles. The van der Waals surface area contributed by atoms with Crippen LogP contribution in [0.2, 0.25) is 4.34 Å². The van der Waals surface area contributed by atoms with Crippen LogP contribution in [0.25, 0.3) is 0 Å². The molecule has 2 rings (SSSR count). The number of nitrogens with two attached hydrogens (primary N) is 1. The van der Waals surface area contributed by atoms with Gasteiger partial charge in [-0.3, -0.25) is 5.84 Å². The molecular weight excluding hydrogens is 300 g/mol. The van der Waals surface area contributed by atoms with Crippen LogP contribution in [0.5, 0.6) is 0 Å². The first-order valence-corrected chi connectivity index (χ1v) is 6.15. The van der Waals surface area contributed by atoms with Crippen molar-refractivity contribution in [1.82, 2.24) is 5.43 Å². The van der Waals surface area contributed by atoms with E-state index in [1.807, 2.05) is 18.2 Å². The quantitative estimate of drug-likeness (QED) is 0.675. The van der Waals surface area contributed by atoms with Gasteiger partial charge in [0.2, 0.25) is 0 Å². The summed E-state index contributed by atoms with van der Waals surface area (Å²) in [6, 6.07) is 5.41. The number of hydrogen-bond donors (Lipinski definition) is 2. The molecule has 0 saturated heterocycles. The van der Waals surface area contributed by atoms with Gasteiger partial charge in [0.1, 0.15) is 11.8 Å². The lowest BCUT2D eigenvalue weighted by molar-refractivity contribution is 0.453. The highest BCUT2D eigenvalue weighted by atomic mass is 79.9. The minimum Gasteiger partial charge on any atom is -0.466 e. The third-order valence-corrected chi connectivity index (χ3v) is 3.90. The Morgan fingerprint density at radius 3 is 2.73 bits per heavy atom. The maximum Gasteiger partial charge on any atom is 0.141 e. The molecule has 6 heteroatoms. The molecule has 2 aromatic heterocycles. The van der Waals surface area contributed by atoms with E-state index in [4.69, 9.17) is 21.9 Å². The van der Waals surface area contributed by atoms with Crippen LogP contribution in [-0.2, 0) is 0 Å². The van der Waals surface area contributed by atoms with Gasteiger partial charge >= 0.3 is 0 Å². The van der Waals surface area contributed by atoms with Crippen LogP contribution in [0, 0.1) is 0 Å². The second-order valence-corrected chi connectivity index (χ2v) is 5.48. The number of nitrogens with one attached hydrogen (secondary N) is 1. The molecule has 0 bridgehead atoms. The summed E-state index contributed by atoms with van der Waals surface area (Å²) < 4.78 is 6.97. The SMILES string of the molecule is NNC(c1ccc(Cl)s1)c1occc1Br. The smallest absolute Gasteiger partial charge is 0.141 e. The Labute approximate surface area is 104 Å². The molecule has 0 amide bonds. The van der Waals surface area contributed by atoms with Crippen molar-refractivity contribution in [3.63, 3.8) is 0 Å². The van der Waals surface area contributed by atoms with Gasteiger partial charge in [-0.1, -0.05) is 11.6 Å². The first-order chi connectivity index (χ1) is 7.22. The molecule has 0 radical (unpaired) electrons. The van der Waals surface area contributed by atoms with Crippen LogP contribution in [-0.4, -0.2) is 0 Å². The van der Waals surface area contributed by atoms with E-state index in [2.05, 4.69) is 21.4 Å². The van der Waals surface area contributed by atoms with Crippen molar-refractivity contribution >= 4 is 38.9 Å². The number of halogens is 2. The molecule has 0 spiro atoms. The van der Waals surface area contributed by atoms with Gasteiger partial charge in [-0.15, -0.1) is 11.3 Å². The van der Waals surface area contributed by atoms with Crippen LogP contribution < -0.4 is 11.3 Å². The zero-order valence-electron chi connectivity index (χ0n) is 7.54. The topological polar surface area (TPSA) is 51.2 Å². The molecule has 3 nitrogen and oxygen atoms in total. The van der Waals surface area contributed by atoms with Gasteiger partial charge < -0.3 is 4.42 Å². The predicted molar refractivity (Wildman–Crippen MR) is 64.9 cm³/mol. The summed E-state index contributed by atoms with van der Waals surface area (Å²) in [7, 11) is 0. The largest absolute Gasteiger partial charge is 0.466 e. The second-order valence-electron chi connectivity index (χ2n) is 2.87. The van der Waals surface area contributed by atoms with Crippen LogP contribution >= 0.6 is 38.9 Å². The molecule has 2 aromatic rings. The van der Waals surface area contributed by atoms with E-state index >= 15 is 0 Å². The van der Waals surface area contributed by atoms with E-state index in [0.29, 0.717) is 0 Å². The standard InChI is InChI=1S/C9H8BrClN2OS/c10-5-3-4-14-9(5)8(13-12)6-1-2-7(11)15-6/h1-4,8,13H,12H2. The lowest BCUT2D eigenvalue weighted by Gasteiger charge is -2.11. The van der Waals surface area contributed by atoms with Gasteiger partial charge in [0, 0.05) is 4.88 Å². The molecule has 1 unspecified atom stereocenters. The molecule has 2 heterocycles. The molecule has 15 heavy (non-hydrogen) atoms. The highest BCUT2D eigenvalue weighted by Crippen LogP contribution is 2.34. The Kier molecular flexibility index (Phi) is 3.48. The predicted octanol–water partition coefficient (Wildman–Crippen LogP) is 3.31. The Balaban J connectivity index is 2.36. The summed E-state index contributed by atoms with van der Waals surface area (Å²) in [5.41, 5.74) is 2.70. The molecule has 0 fully saturated rings.